The van der Waals surface area contributed by atoms with Crippen LogP contribution >= 0.6 is 15.9 Å². The first-order valence-corrected chi connectivity index (χ1v) is 7.20. The molecule has 7 heteroatoms. The van der Waals surface area contributed by atoms with Crippen molar-refractivity contribution in [2.24, 2.45) is 0 Å². The molecule has 0 radical (unpaired) electrons. The molecule has 0 aliphatic heterocycles. The Morgan fingerprint density at radius 2 is 2.19 bits per heavy atom. The number of ether oxygens (including phenoxy) is 1. The molecule has 1 rings (SSSR count). The highest BCUT2D eigenvalue weighted by atomic mass is 79.9. The number of benzene rings is 1. The van der Waals surface area contributed by atoms with E-state index in [2.05, 4.69) is 21.2 Å². The Hall–Kier alpha value is -1.18. The lowest BCUT2D eigenvalue weighted by Crippen LogP contribution is -2.47. The third-order valence-corrected chi connectivity index (χ3v) is 3.20. The maximum atomic E-state index is 12.9. The van der Waals surface area contributed by atoms with Crippen molar-refractivity contribution in [3.05, 3.63) is 28.5 Å². The number of nitrogens with one attached hydrogen (secondary N) is 1. The van der Waals surface area contributed by atoms with Gasteiger partial charge < -0.3 is 20.1 Å². The molecule has 0 heterocycles. The molecular weight excluding hydrogens is 343 g/mol. The van der Waals surface area contributed by atoms with Gasteiger partial charge in [0.2, 0.25) is 0 Å². The normalized spacial score (nSPS) is 13.9. The number of amides is 1. The van der Waals surface area contributed by atoms with Crippen molar-refractivity contribution in [1.82, 2.24) is 10.2 Å². The van der Waals surface area contributed by atoms with Gasteiger partial charge in [-0.3, -0.25) is 4.79 Å². The summed E-state index contributed by atoms with van der Waals surface area (Å²) in [4.78, 5) is 13.5. The second-order valence-electron chi connectivity index (χ2n) is 5.37. The number of nitrogens with zero attached hydrogens (tertiary/aromatic N) is 1. The Labute approximate surface area is 132 Å². The molecule has 1 aromatic rings. The molecule has 118 valence electrons. The summed E-state index contributed by atoms with van der Waals surface area (Å²) in [5.74, 6) is -0.365. The molecular formula is C14H20BrFN2O3. The Balaban J connectivity index is 2.41. The van der Waals surface area contributed by atoms with Gasteiger partial charge in [0, 0.05) is 13.1 Å². The van der Waals surface area contributed by atoms with E-state index in [9.17, 15) is 14.3 Å². The third-order valence-electron chi connectivity index (χ3n) is 2.58. The summed E-state index contributed by atoms with van der Waals surface area (Å²) in [6.45, 7) is 1.99. The number of rotatable bonds is 7. The van der Waals surface area contributed by atoms with Crippen molar-refractivity contribution in [2.75, 3.05) is 33.8 Å². The lowest BCUT2D eigenvalue weighted by atomic mass is 10.1. The van der Waals surface area contributed by atoms with Gasteiger partial charge in [-0.2, -0.15) is 0 Å². The number of aliphatic hydroxyl groups is 1. The summed E-state index contributed by atoms with van der Waals surface area (Å²) in [5, 5.41) is 12.6. The van der Waals surface area contributed by atoms with E-state index < -0.39 is 11.4 Å². The molecule has 21 heavy (non-hydrogen) atoms. The zero-order valence-electron chi connectivity index (χ0n) is 12.3. The molecule has 1 aromatic carbocycles. The predicted octanol–water partition coefficient (Wildman–Crippen LogP) is 1.40. The van der Waals surface area contributed by atoms with Crippen LogP contribution in [-0.4, -0.2) is 55.3 Å². The summed E-state index contributed by atoms with van der Waals surface area (Å²) < 4.78 is 18.6. The van der Waals surface area contributed by atoms with Gasteiger partial charge >= 0.3 is 0 Å². The summed E-state index contributed by atoms with van der Waals surface area (Å²) in [5.41, 5.74) is -1.02. The van der Waals surface area contributed by atoms with Gasteiger partial charge in [0.05, 0.1) is 10.1 Å². The monoisotopic (exact) mass is 362 g/mol. The first-order chi connectivity index (χ1) is 9.69. The van der Waals surface area contributed by atoms with E-state index in [1.54, 1.807) is 6.92 Å². The molecule has 0 fully saturated rings. The zero-order valence-corrected chi connectivity index (χ0v) is 13.9. The fourth-order valence-corrected chi connectivity index (χ4v) is 2.28. The second-order valence-corrected chi connectivity index (χ2v) is 6.23. The summed E-state index contributed by atoms with van der Waals surface area (Å²) in [6.07, 6.45) is 0. The fraction of sp³-hybridized carbons (Fsp3) is 0.500. The van der Waals surface area contributed by atoms with Crippen LogP contribution in [-0.2, 0) is 4.79 Å². The van der Waals surface area contributed by atoms with E-state index in [1.807, 2.05) is 19.0 Å². The van der Waals surface area contributed by atoms with Gasteiger partial charge in [-0.05, 0) is 55.1 Å². The topological polar surface area (TPSA) is 61.8 Å². The lowest BCUT2D eigenvalue weighted by Gasteiger charge is -2.27. The van der Waals surface area contributed by atoms with Crippen LogP contribution in [0.2, 0.25) is 0 Å². The smallest absolute Gasteiger partial charge is 0.258 e. The zero-order chi connectivity index (χ0) is 16.0. The second kappa shape index (κ2) is 7.72. The fourth-order valence-electron chi connectivity index (χ4n) is 1.81. The molecule has 0 aromatic heterocycles. The SMILES string of the molecule is CN(C)CC(C)(O)CNC(=O)COc1ccc(F)cc1Br. The Bertz CT molecular complexity index is 495. The first kappa shape index (κ1) is 17.9. The van der Waals surface area contributed by atoms with Crippen molar-refractivity contribution >= 4 is 21.8 Å². The average Bonchev–Trinajstić information content (AvgIpc) is 2.34. The van der Waals surface area contributed by atoms with Crippen molar-refractivity contribution in [2.45, 2.75) is 12.5 Å². The number of likely N-dealkylation sites (N-methyl/N-ethyl adjacent to an activating group) is 1. The van der Waals surface area contributed by atoms with Gasteiger partial charge in [-0.15, -0.1) is 0 Å². The Morgan fingerprint density at radius 3 is 2.76 bits per heavy atom. The van der Waals surface area contributed by atoms with Crippen LogP contribution in [0.3, 0.4) is 0 Å². The predicted molar refractivity (Wildman–Crippen MR) is 81.8 cm³/mol. The molecule has 0 saturated heterocycles. The highest BCUT2D eigenvalue weighted by Crippen LogP contribution is 2.25. The molecule has 0 aliphatic rings. The van der Waals surface area contributed by atoms with Crippen molar-refractivity contribution < 1.29 is 19.0 Å². The van der Waals surface area contributed by atoms with Crippen LogP contribution in [0, 0.1) is 5.82 Å². The molecule has 0 bridgehead atoms. The van der Waals surface area contributed by atoms with Crippen LogP contribution < -0.4 is 10.1 Å². The number of carbonyl (C=O) groups excluding carboxylic acids is 1. The van der Waals surface area contributed by atoms with Crippen molar-refractivity contribution in [3.63, 3.8) is 0 Å². The third kappa shape index (κ3) is 6.88. The molecule has 1 atom stereocenters. The maximum absolute atomic E-state index is 12.9. The van der Waals surface area contributed by atoms with Crippen molar-refractivity contribution in [3.8, 4) is 5.75 Å². The van der Waals surface area contributed by atoms with Crippen LogP contribution in [0.5, 0.6) is 5.75 Å². The standard InChI is InChI=1S/C14H20BrFN2O3/c1-14(20,9-18(2)3)8-17-13(19)7-21-12-5-4-10(16)6-11(12)15/h4-6,20H,7-9H2,1-3H3,(H,17,19). The van der Waals surface area contributed by atoms with E-state index in [4.69, 9.17) is 4.74 Å². The van der Waals surface area contributed by atoms with Crippen molar-refractivity contribution in [1.29, 1.82) is 0 Å². The van der Waals surface area contributed by atoms with Gasteiger partial charge in [-0.1, -0.05) is 0 Å². The van der Waals surface area contributed by atoms with Crippen LogP contribution in [0.4, 0.5) is 4.39 Å². The van der Waals surface area contributed by atoms with E-state index in [1.165, 1.54) is 18.2 Å². The molecule has 5 nitrogen and oxygen atoms in total. The molecule has 0 saturated carbocycles. The van der Waals surface area contributed by atoms with E-state index in [-0.39, 0.29) is 19.1 Å². The van der Waals surface area contributed by atoms with Gasteiger partial charge in [0.1, 0.15) is 11.6 Å². The Kier molecular flexibility index (Phi) is 6.57. The summed E-state index contributed by atoms with van der Waals surface area (Å²) >= 11 is 3.15. The van der Waals surface area contributed by atoms with Gasteiger partial charge in [-0.25, -0.2) is 4.39 Å². The number of halogens is 2. The van der Waals surface area contributed by atoms with E-state index in [0.29, 0.717) is 16.8 Å². The number of carbonyl (C=O) groups is 1. The molecule has 1 unspecified atom stereocenters. The first-order valence-electron chi connectivity index (χ1n) is 6.41. The van der Waals surface area contributed by atoms with Crippen LogP contribution in [0.15, 0.2) is 22.7 Å². The summed E-state index contributed by atoms with van der Waals surface area (Å²) in [6, 6.07) is 3.95. The lowest BCUT2D eigenvalue weighted by molar-refractivity contribution is -0.124. The molecule has 1 amide bonds. The minimum Gasteiger partial charge on any atom is -0.483 e. The number of hydrogen-bond acceptors (Lipinski definition) is 4. The highest BCUT2D eigenvalue weighted by molar-refractivity contribution is 9.10. The molecule has 0 aliphatic carbocycles. The molecule has 0 spiro atoms. The minimum atomic E-state index is -1.02. The van der Waals surface area contributed by atoms with E-state index in [0.717, 1.165) is 0 Å². The van der Waals surface area contributed by atoms with Gasteiger partial charge in [0.25, 0.3) is 5.91 Å². The van der Waals surface area contributed by atoms with E-state index >= 15 is 0 Å². The van der Waals surface area contributed by atoms with Crippen LogP contribution in [0.1, 0.15) is 6.92 Å². The molecule has 2 N–H and O–H groups in total. The van der Waals surface area contributed by atoms with Gasteiger partial charge in [0.15, 0.2) is 6.61 Å². The maximum Gasteiger partial charge on any atom is 0.258 e. The van der Waals surface area contributed by atoms with Crippen LogP contribution in [0.25, 0.3) is 0 Å². The largest absolute Gasteiger partial charge is 0.483 e. The summed E-state index contributed by atoms with van der Waals surface area (Å²) in [7, 11) is 3.68. The Morgan fingerprint density at radius 1 is 1.52 bits per heavy atom. The quantitative estimate of drug-likeness (QED) is 0.769. The number of hydrogen-bond donors (Lipinski definition) is 2. The minimum absolute atomic E-state index is 0.123. The highest BCUT2D eigenvalue weighted by Gasteiger charge is 2.22. The average molecular weight is 363 g/mol.